The van der Waals surface area contributed by atoms with E-state index in [0.717, 1.165) is 12.4 Å². The second kappa shape index (κ2) is 3.35. The van der Waals surface area contributed by atoms with Gasteiger partial charge in [0.1, 0.15) is 5.60 Å². The van der Waals surface area contributed by atoms with Crippen molar-refractivity contribution in [1.82, 2.24) is 4.98 Å². The van der Waals surface area contributed by atoms with Crippen LogP contribution in [0.4, 0.5) is 8.78 Å². The van der Waals surface area contributed by atoms with Crippen LogP contribution in [0.2, 0.25) is 0 Å². The fourth-order valence-corrected chi connectivity index (χ4v) is 1.05. The molecule has 0 atom stereocenters. The Morgan fingerprint density at radius 2 is 1.77 bits per heavy atom. The Kier molecular flexibility index (Phi) is 2.58. The van der Waals surface area contributed by atoms with E-state index in [0.29, 0.717) is 0 Å². The van der Waals surface area contributed by atoms with Gasteiger partial charge < -0.3 is 0 Å². The van der Waals surface area contributed by atoms with Gasteiger partial charge in [-0.15, -0.1) is 0 Å². The fourth-order valence-electron chi connectivity index (χ4n) is 1.05. The first kappa shape index (κ1) is 10.0. The highest BCUT2D eigenvalue weighted by atomic mass is 19.1. The standard InChI is InChI=1S/C8H10F2N2O/c1-8(2,13-11)7-5(9)3-12-4-6(7)10/h3-4H,11H2,1-2H3. The molecule has 0 fully saturated rings. The molecule has 0 aliphatic heterocycles. The first-order valence-electron chi connectivity index (χ1n) is 3.66. The summed E-state index contributed by atoms with van der Waals surface area (Å²) in [5.74, 6) is 3.39. The zero-order valence-corrected chi connectivity index (χ0v) is 7.34. The third kappa shape index (κ3) is 1.81. The Labute approximate surface area is 74.5 Å². The van der Waals surface area contributed by atoms with Gasteiger partial charge >= 0.3 is 0 Å². The van der Waals surface area contributed by atoms with Crippen LogP contribution in [0, 0.1) is 11.6 Å². The lowest BCUT2D eigenvalue weighted by Gasteiger charge is -2.22. The second-order valence-corrected chi connectivity index (χ2v) is 3.11. The van der Waals surface area contributed by atoms with Crippen LogP contribution in [0.5, 0.6) is 0 Å². The molecule has 0 unspecified atom stereocenters. The van der Waals surface area contributed by atoms with E-state index < -0.39 is 17.2 Å². The van der Waals surface area contributed by atoms with Crippen LogP contribution >= 0.6 is 0 Å². The van der Waals surface area contributed by atoms with E-state index in [1.807, 2.05) is 0 Å². The fraction of sp³-hybridized carbons (Fsp3) is 0.375. The van der Waals surface area contributed by atoms with Crippen molar-refractivity contribution in [1.29, 1.82) is 0 Å². The molecule has 0 aliphatic carbocycles. The Morgan fingerprint density at radius 1 is 1.31 bits per heavy atom. The summed E-state index contributed by atoms with van der Waals surface area (Å²) in [5.41, 5.74) is -1.41. The third-order valence-electron chi connectivity index (χ3n) is 1.75. The van der Waals surface area contributed by atoms with Crippen LogP contribution in [0.3, 0.4) is 0 Å². The van der Waals surface area contributed by atoms with Crippen LogP contribution in [0.1, 0.15) is 19.4 Å². The van der Waals surface area contributed by atoms with Gasteiger partial charge in [-0.3, -0.25) is 9.82 Å². The third-order valence-corrected chi connectivity index (χ3v) is 1.75. The lowest BCUT2D eigenvalue weighted by Crippen LogP contribution is -2.28. The molecular formula is C8H10F2N2O. The summed E-state index contributed by atoms with van der Waals surface area (Å²) < 4.78 is 26.2. The average molecular weight is 188 g/mol. The van der Waals surface area contributed by atoms with Gasteiger partial charge in [-0.2, -0.15) is 0 Å². The van der Waals surface area contributed by atoms with E-state index in [9.17, 15) is 8.78 Å². The molecule has 13 heavy (non-hydrogen) atoms. The maximum atomic E-state index is 13.1. The summed E-state index contributed by atoms with van der Waals surface area (Å²) in [6.07, 6.45) is 1.83. The summed E-state index contributed by atoms with van der Waals surface area (Å²) in [6, 6.07) is 0. The van der Waals surface area contributed by atoms with Crippen molar-refractivity contribution < 1.29 is 13.6 Å². The lowest BCUT2D eigenvalue weighted by molar-refractivity contribution is -0.0287. The molecule has 1 heterocycles. The van der Waals surface area contributed by atoms with Crippen LogP contribution in [-0.2, 0) is 10.4 Å². The van der Waals surface area contributed by atoms with E-state index in [1.165, 1.54) is 13.8 Å². The Bertz CT molecular complexity index is 295. The summed E-state index contributed by atoms with van der Waals surface area (Å²) >= 11 is 0. The molecule has 1 rings (SSSR count). The molecule has 0 saturated heterocycles. The normalized spacial score (nSPS) is 11.8. The monoisotopic (exact) mass is 188 g/mol. The molecule has 0 amide bonds. The van der Waals surface area contributed by atoms with Crippen molar-refractivity contribution >= 4 is 0 Å². The number of nitrogens with two attached hydrogens (primary N) is 1. The number of hydrogen-bond donors (Lipinski definition) is 1. The van der Waals surface area contributed by atoms with Crippen LogP contribution in [-0.4, -0.2) is 4.98 Å². The van der Waals surface area contributed by atoms with Gasteiger partial charge in [-0.1, -0.05) is 0 Å². The minimum absolute atomic E-state index is 0.218. The molecule has 0 saturated carbocycles. The largest absolute Gasteiger partial charge is 0.294 e. The van der Waals surface area contributed by atoms with Crippen molar-refractivity contribution in [3.63, 3.8) is 0 Å². The molecule has 3 nitrogen and oxygen atoms in total. The predicted octanol–water partition coefficient (Wildman–Crippen LogP) is 1.49. The minimum atomic E-state index is -1.20. The zero-order valence-electron chi connectivity index (χ0n) is 7.34. The Morgan fingerprint density at radius 3 is 2.15 bits per heavy atom. The maximum Gasteiger partial charge on any atom is 0.150 e. The quantitative estimate of drug-likeness (QED) is 0.715. The van der Waals surface area contributed by atoms with Gasteiger partial charge in [0.05, 0.1) is 18.0 Å². The number of halogens is 2. The predicted molar refractivity (Wildman–Crippen MR) is 42.5 cm³/mol. The summed E-state index contributed by atoms with van der Waals surface area (Å²) in [5, 5.41) is 0. The number of hydrogen-bond acceptors (Lipinski definition) is 3. The molecule has 0 bridgehead atoms. The van der Waals surface area contributed by atoms with Crippen molar-refractivity contribution in [3.8, 4) is 0 Å². The smallest absolute Gasteiger partial charge is 0.150 e. The number of aromatic nitrogens is 1. The number of rotatable bonds is 2. The molecule has 1 aromatic rings. The van der Waals surface area contributed by atoms with Crippen LogP contribution in [0.15, 0.2) is 12.4 Å². The van der Waals surface area contributed by atoms with Crippen molar-refractivity contribution in [2.45, 2.75) is 19.4 Å². The van der Waals surface area contributed by atoms with Crippen molar-refractivity contribution in [2.24, 2.45) is 5.90 Å². The average Bonchev–Trinajstić information content (AvgIpc) is 2.03. The maximum absolute atomic E-state index is 13.1. The summed E-state index contributed by atoms with van der Waals surface area (Å²) in [6.45, 7) is 2.93. The van der Waals surface area contributed by atoms with Gasteiger partial charge in [0.15, 0.2) is 11.6 Å². The van der Waals surface area contributed by atoms with Crippen molar-refractivity contribution in [3.05, 3.63) is 29.6 Å². The second-order valence-electron chi connectivity index (χ2n) is 3.11. The van der Waals surface area contributed by atoms with Gasteiger partial charge in [0.25, 0.3) is 0 Å². The van der Waals surface area contributed by atoms with Crippen LogP contribution in [0.25, 0.3) is 0 Å². The highest BCUT2D eigenvalue weighted by molar-refractivity contribution is 5.21. The van der Waals surface area contributed by atoms with Crippen molar-refractivity contribution in [2.75, 3.05) is 0 Å². The van der Waals surface area contributed by atoms with E-state index >= 15 is 0 Å². The molecule has 0 spiro atoms. The van der Waals surface area contributed by atoms with Gasteiger partial charge in [-0.25, -0.2) is 14.7 Å². The summed E-state index contributed by atoms with van der Waals surface area (Å²) in [7, 11) is 0. The van der Waals surface area contributed by atoms with Gasteiger partial charge in [0, 0.05) is 0 Å². The van der Waals surface area contributed by atoms with Gasteiger partial charge in [-0.05, 0) is 13.8 Å². The van der Waals surface area contributed by atoms with E-state index in [-0.39, 0.29) is 5.56 Å². The molecule has 72 valence electrons. The molecule has 0 radical (unpaired) electrons. The van der Waals surface area contributed by atoms with E-state index in [2.05, 4.69) is 9.82 Å². The van der Waals surface area contributed by atoms with Crippen LogP contribution < -0.4 is 5.90 Å². The molecule has 1 aromatic heterocycles. The minimum Gasteiger partial charge on any atom is -0.294 e. The topological polar surface area (TPSA) is 48.1 Å². The Balaban J connectivity index is 3.28. The lowest BCUT2D eigenvalue weighted by atomic mass is 9.98. The SMILES string of the molecule is CC(C)(ON)c1c(F)cncc1F. The molecule has 2 N–H and O–H groups in total. The highest BCUT2D eigenvalue weighted by Crippen LogP contribution is 2.27. The molecule has 0 aromatic carbocycles. The number of pyridine rings is 1. The molecular weight excluding hydrogens is 178 g/mol. The molecule has 0 aliphatic rings. The number of nitrogens with zero attached hydrogens (tertiary/aromatic N) is 1. The van der Waals surface area contributed by atoms with E-state index in [4.69, 9.17) is 5.90 Å². The highest BCUT2D eigenvalue weighted by Gasteiger charge is 2.28. The zero-order chi connectivity index (χ0) is 10.1. The Hall–Kier alpha value is -1.07. The summed E-state index contributed by atoms with van der Waals surface area (Å²) in [4.78, 5) is 7.82. The molecule has 5 heteroatoms. The first-order chi connectivity index (χ1) is 5.99. The van der Waals surface area contributed by atoms with Gasteiger partial charge in [0.2, 0.25) is 0 Å². The first-order valence-corrected chi connectivity index (χ1v) is 3.66. The van der Waals surface area contributed by atoms with E-state index in [1.54, 1.807) is 0 Å².